The van der Waals surface area contributed by atoms with E-state index in [-0.39, 0.29) is 0 Å². The molecule has 4 heteroatoms. The van der Waals surface area contributed by atoms with Crippen LogP contribution in [0.2, 0.25) is 0 Å². The zero-order valence-corrected chi connectivity index (χ0v) is 38.2. The predicted molar refractivity (Wildman–Crippen MR) is 294 cm³/mol. The number of hydrogen-bond acceptors (Lipinski definition) is 3. The van der Waals surface area contributed by atoms with Gasteiger partial charge in [0.1, 0.15) is 11.2 Å². The maximum absolute atomic E-state index is 6.91. The van der Waals surface area contributed by atoms with Crippen molar-refractivity contribution in [2.24, 2.45) is 0 Å². The summed E-state index contributed by atoms with van der Waals surface area (Å²) in [4.78, 5) is 4.71. The lowest BCUT2D eigenvalue weighted by Gasteiger charge is -2.30. The number of nitrogens with zero attached hydrogens (tertiary/aromatic N) is 3. The summed E-state index contributed by atoms with van der Waals surface area (Å²) in [7, 11) is 0. The topological polar surface area (TPSA) is 24.6 Å². The van der Waals surface area contributed by atoms with Crippen LogP contribution in [0.15, 0.2) is 277 Å². The van der Waals surface area contributed by atoms with Gasteiger partial charge in [0.05, 0.1) is 16.4 Å². The lowest BCUT2D eigenvalue weighted by molar-refractivity contribution is 0.670. The van der Waals surface area contributed by atoms with Crippen LogP contribution < -0.4 is 9.80 Å². The van der Waals surface area contributed by atoms with Gasteiger partial charge in [0.15, 0.2) is 0 Å². The average Bonchev–Trinajstić information content (AvgIpc) is 3.99. The summed E-state index contributed by atoms with van der Waals surface area (Å²) in [5, 5.41) is 4.61. The Morgan fingerprint density at radius 2 is 0.743 bits per heavy atom. The van der Waals surface area contributed by atoms with E-state index in [1.165, 1.54) is 21.9 Å². The van der Waals surface area contributed by atoms with Crippen molar-refractivity contribution in [3.05, 3.63) is 273 Å². The third kappa shape index (κ3) is 7.18. The zero-order valence-electron chi connectivity index (χ0n) is 38.2. The second kappa shape index (κ2) is 17.4. The summed E-state index contributed by atoms with van der Waals surface area (Å²) in [5.74, 6) is 0. The molecule has 11 aromatic carbocycles. The Hall–Kier alpha value is -9.38. The van der Waals surface area contributed by atoms with Crippen molar-refractivity contribution in [1.29, 1.82) is 0 Å². The zero-order chi connectivity index (χ0) is 46.4. The maximum Gasteiger partial charge on any atom is 0.145 e. The van der Waals surface area contributed by atoms with Crippen molar-refractivity contribution in [3.8, 4) is 39.1 Å². The van der Waals surface area contributed by atoms with Crippen LogP contribution in [-0.2, 0) is 0 Å². The number of hydrogen-bond donors (Lipinski definition) is 0. The number of rotatable bonds is 10. The number of fused-ring (bicyclic) bond motifs is 7. The fraction of sp³-hybridized carbons (Fsp3) is 0. The fourth-order valence-electron chi connectivity index (χ4n) is 10.3. The molecule has 0 aliphatic heterocycles. The van der Waals surface area contributed by atoms with Crippen molar-refractivity contribution < 1.29 is 4.42 Å². The van der Waals surface area contributed by atoms with Crippen LogP contribution in [0, 0.1) is 0 Å². The van der Waals surface area contributed by atoms with Gasteiger partial charge in [-0.2, -0.15) is 0 Å². The Morgan fingerprint density at radius 3 is 1.34 bits per heavy atom. The van der Waals surface area contributed by atoms with Crippen LogP contribution in [-0.4, -0.2) is 4.57 Å². The van der Waals surface area contributed by atoms with E-state index in [2.05, 4.69) is 287 Å². The minimum absolute atomic E-state index is 0.871. The lowest BCUT2D eigenvalue weighted by Crippen LogP contribution is -2.13. The van der Waals surface area contributed by atoms with Crippen LogP contribution in [0.3, 0.4) is 0 Å². The van der Waals surface area contributed by atoms with E-state index >= 15 is 0 Å². The summed E-state index contributed by atoms with van der Waals surface area (Å²) in [6, 6.07) is 97.6. The summed E-state index contributed by atoms with van der Waals surface area (Å²) < 4.78 is 9.31. The molecule has 0 saturated carbocycles. The molecule has 4 nitrogen and oxygen atoms in total. The first-order valence-electron chi connectivity index (χ1n) is 23.8. The SMILES string of the molecule is c1ccc(-c2ccc(N(c3ccccc3)c3cc(-c4ccc(-c5cc6c7ccccc7n(-c7ccccc7)c6c6c5oc5ccccc56)cc4)cc(N(c4ccccc4)c4ccccc4)c3)cc2)cc1. The third-order valence-electron chi connectivity index (χ3n) is 13.5. The molecule has 0 atom stereocenters. The molecule has 2 aromatic heterocycles. The van der Waals surface area contributed by atoms with Crippen LogP contribution in [0.5, 0.6) is 0 Å². The average molecular weight is 896 g/mol. The van der Waals surface area contributed by atoms with E-state index in [0.29, 0.717) is 0 Å². The molecule has 0 fully saturated rings. The highest BCUT2D eigenvalue weighted by Crippen LogP contribution is 2.47. The second-order valence-electron chi connectivity index (χ2n) is 17.7. The number of aromatic nitrogens is 1. The highest BCUT2D eigenvalue weighted by molar-refractivity contribution is 6.27. The van der Waals surface area contributed by atoms with Gasteiger partial charge in [-0.15, -0.1) is 0 Å². The minimum atomic E-state index is 0.871. The molecule has 0 N–H and O–H groups in total. The first-order valence-corrected chi connectivity index (χ1v) is 23.8. The van der Waals surface area contributed by atoms with E-state index in [4.69, 9.17) is 4.42 Å². The summed E-state index contributed by atoms with van der Waals surface area (Å²) in [5.41, 5.74) is 18.2. The Labute approximate surface area is 406 Å². The monoisotopic (exact) mass is 895 g/mol. The highest BCUT2D eigenvalue weighted by Gasteiger charge is 2.24. The Kier molecular flexibility index (Phi) is 10.1. The van der Waals surface area contributed by atoms with Gasteiger partial charge < -0.3 is 18.8 Å². The van der Waals surface area contributed by atoms with E-state index in [0.717, 1.165) is 95.0 Å². The normalized spacial score (nSPS) is 11.4. The van der Waals surface area contributed by atoms with Crippen molar-refractivity contribution in [2.75, 3.05) is 9.80 Å². The summed E-state index contributed by atoms with van der Waals surface area (Å²) >= 11 is 0. The van der Waals surface area contributed by atoms with Crippen LogP contribution in [0.25, 0.3) is 82.8 Å². The van der Waals surface area contributed by atoms with Gasteiger partial charge in [0.2, 0.25) is 0 Å². The number of benzene rings is 11. The van der Waals surface area contributed by atoms with Crippen molar-refractivity contribution in [2.45, 2.75) is 0 Å². The van der Waals surface area contributed by atoms with E-state index in [9.17, 15) is 0 Å². The summed E-state index contributed by atoms with van der Waals surface area (Å²) in [6.07, 6.45) is 0. The van der Waals surface area contributed by atoms with Crippen molar-refractivity contribution >= 4 is 77.9 Å². The molecule has 0 aliphatic rings. The largest absolute Gasteiger partial charge is 0.455 e. The molecule has 330 valence electrons. The molecule has 2 heterocycles. The molecule has 0 amide bonds. The highest BCUT2D eigenvalue weighted by atomic mass is 16.3. The number of anilines is 6. The van der Waals surface area contributed by atoms with Gasteiger partial charge in [-0.3, -0.25) is 0 Å². The van der Waals surface area contributed by atoms with Gasteiger partial charge in [-0.1, -0.05) is 176 Å². The molecule has 0 radical (unpaired) electrons. The quantitative estimate of drug-likeness (QED) is 0.137. The maximum atomic E-state index is 6.91. The molecule has 0 aliphatic carbocycles. The van der Waals surface area contributed by atoms with E-state index in [1.54, 1.807) is 0 Å². The van der Waals surface area contributed by atoms with Crippen molar-refractivity contribution in [3.63, 3.8) is 0 Å². The standard InChI is InChI=1S/C66H45N3O/c1-6-20-46(21-7-1)47-38-40-55(41-39-47)68(53-26-12-4-13-27-53)57-43-50(42-56(44-57)67(51-22-8-2-9-23-51)52-24-10-3-11-25-52)48-34-36-49(37-35-48)60-45-61-58-30-16-18-32-62(58)69(54-28-14-5-15-29-54)65(61)64-59-31-17-19-33-63(59)70-66(60)64/h1-45H. The third-order valence-corrected chi connectivity index (χ3v) is 13.5. The Balaban J connectivity index is 1.00. The summed E-state index contributed by atoms with van der Waals surface area (Å²) in [6.45, 7) is 0. The number of furan rings is 1. The van der Waals surface area contributed by atoms with Crippen molar-refractivity contribution in [1.82, 2.24) is 4.57 Å². The van der Waals surface area contributed by atoms with E-state index in [1.807, 2.05) is 0 Å². The van der Waals surface area contributed by atoms with Crippen LogP contribution in [0.4, 0.5) is 34.1 Å². The second-order valence-corrected chi connectivity index (χ2v) is 17.7. The van der Waals surface area contributed by atoms with Crippen LogP contribution >= 0.6 is 0 Å². The predicted octanol–water partition coefficient (Wildman–Crippen LogP) is 18.6. The fourth-order valence-corrected chi connectivity index (χ4v) is 10.3. The molecule has 13 aromatic rings. The smallest absolute Gasteiger partial charge is 0.145 e. The molecule has 0 saturated heterocycles. The minimum Gasteiger partial charge on any atom is -0.455 e. The molecule has 0 bridgehead atoms. The lowest BCUT2D eigenvalue weighted by atomic mass is 9.96. The molecule has 0 unspecified atom stereocenters. The van der Waals surface area contributed by atoms with Crippen LogP contribution in [0.1, 0.15) is 0 Å². The molecular weight excluding hydrogens is 851 g/mol. The first kappa shape index (κ1) is 40.9. The van der Waals surface area contributed by atoms with Gasteiger partial charge in [0.25, 0.3) is 0 Å². The van der Waals surface area contributed by atoms with Gasteiger partial charge in [-0.05, 0) is 125 Å². The molecule has 0 spiro atoms. The molecular formula is C66H45N3O. The number of para-hydroxylation sites is 6. The molecule has 13 rings (SSSR count). The Morgan fingerprint density at radius 1 is 0.300 bits per heavy atom. The first-order chi connectivity index (χ1) is 34.7. The molecule has 70 heavy (non-hydrogen) atoms. The van der Waals surface area contributed by atoms with Gasteiger partial charge in [-0.25, -0.2) is 0 Å². The van der Waals surface area contributed by atoms with Gasteiger partial charge >= 0.3 is 0 Å². The van der Waals surface area contributed by atoms with E-state index < -0.39 is 0 Å². The van der Waals surface area contributed by atoms with Gasteiger partial charge in [0, 0.05) is 61.5 Å². The Bertz CT molecular complexity index is 3920.